The first-order valence-corrected chi connectivity index (χ1v) is 10.4. The third kappa shape index (κ3) is 6.23. The molecule has 2 N–H and O–H groups in total. The minimum atomic E-state index is -0.282. The third-order valence-electron chi connectivity index (χ3n) is 4.81. The van der Waals surface area contributed by atoms with E-state index in [0.29, 0.717) is 25.5 Å². The first kappa shape index (κ1) is 21.7. The van der Waals surface area contributed by atoms with Gasteiger partial charge in [0.25, 0.3) is 0 Å². The fourth-order valence-corrected chi connectivity index (χ4v) is 3.31. The maximum atomic E-state index is 14.0. The Hall–Kier alpha value is -3.03. The van der Waals surface area contributed by atoms with Crippen LogP contribution in [-0.2, 0) is 0 Å². The molecule has 1 aliphatic rings. The normalized spacial score (nSPS) is 16.4. The number of aromatic nitrogens is 1. The summed E-state index contributed by atoms with van der Waals surface area (Å²) < 4.78 is 24.9. The number of ether oxygens (including phenoxy) is 2. The van der Waals surface area contributed by atoms with Crippen LogP contribution in [0, 0.1) is 5.82 Å². The van der Waals surface area contributed by atoms with E-state index in [1.807, 2.05) is 36.1 Å². The number of rotatable bonds is 9. The second-order valence-corrected chi connectivity index (χ2v) is 7.02. The van der Waals surface area contributed by atoms with Crippen molar-refractivity contribution in [2.24, 2.45) is 4.99 Å². The fraction of sp³-hybridized carbons (Fsp3) is 0.455. The lowest BCUT2D eigenvalue weighted by atomic mass is 10.3. The number of hydrogen-bond acceptors (Lipinski definition) is 5. The number of nitrogens with zero attached hydrogens (tertiary/aromatic N) is 3. The van der Waals surface area contributed by atoms with E-state index in [1.165, 1.54) is 6.07 Å². The van der Waals surface area contributed by atoms with Crippen LogP contribution in [0.2, 0.25) is 0 Å². The van der Waals surface area contributed by atoms with Gasteiger partial charge >= 0.3 is 0 Å². The molecule has 1 aliphatic heterocycles. The smallest absolute Gasteiger partial charge is 0.191 e. The number of anilines is 1. The number of guanidine groups is 1. The van der Waals surface area contributed by atoms with Crippen molar-refractivity contribution in [2.45, 2.75) is 25.8 Å². The Balaban J connectivity index is 1.43. The number of benzene rings is 1. The highest BCUT2D eigenvalue weighted by Gasteiger charge is 2.25. The SMILES string of the molecule is CCNC(=NCCCOc1ccc(OC)cc1)NC1CCN(c2ncccc2F)C1. The molecule has 0 spiro atoms. The Morgan fingerprint density at radius 1 is 1.27 bits per heavy atom. The van der Waals surface area contributed by atoms with Crippen LogP contribution in [0.5, 0.6) is 11.5 Å². The van der Waals surface area contributed by atoms with Gasteiger partial charge in [0.2, 0.25) is 0 Å². The Bertz CT molecular complexity index is 815. The minimum absolute atomic E-state index is 0.194. The summed E-state index contributed by atoms with van der Waals surface area (Å²) in [6.45, 7) is 5.51. The zero-order chi connectivity index (χ0) is 21.2. The Morgan fingerprint density at radius 3 is 2.80 bits per heavy atom. The van der Waals surface area contributed by atoms with Crippen molar-refractivity contribution in [1.29, 1.82) is 0 Å². The molecule has 0 bridgehead atoms. The van der Waals surface area contributed by atoms with E-state index >= 15 is 0 Å². The molecule has 8 heteroatoms. The highest BCUT2D eigenvalue weighted by atomic mass is 19.1. The van der Waals surface area contributed by atoms with Crippen LogP contribution in [0.4, 0.5) is 10.2 Å². The number of methoxy groups -OCH3 is 1. The fourth-order valence-electron chi connectivity index (χ4n) is 3.31. The molecule has 3 rings (SSSR count). The molecule has 1 aromatic heterocycles. The summed E-state index contributed by atoms with van der Waals surface area (Å²) in [5.41, 5.74) is 0. The molecular formula is C22H30FN5O2. The second-order valence-electron chi connectivity index (χ2n) is 7.02. The molecule has 1 aromatic carbocycles. The van der Waals surface area contributed by atoms with E-state index in [9.17, 15) is 4.39 Å². The van der Waals surface area contributed by atoms with Gasteiger partial charge in [-0.2, -0.15) is 0 Å². The van der Waals surface area contributed by atoms with Crippen molar-refractivity contribution in [3.05, 3.63) is 48.4 Å². The molecule has 1 unspecified atom stereocenters. The maximum absolute atomic E-state index is 14.0. The van der Waals surface area contributed by atoms with E-state index in [0.717, 1.165) is 43.4 Å². The summed E-state index contributed by atoms with van der Waals surface area (Å²) in [4.78, 5) is 10.8. The summed E-state index contributed by atoms with van der Waals surface area (Å²) in [5.74, 6) is 2.53. The largest absolute Gasteiger partial charge is 0.497 e. The van der Waals surface area contributed by atoms with Crippen LogP contribution < -0.4 is 25.0 Å². The lowest BCUT2D eigenvalue weighted by Crippen LogP contribution is -2.44. The second kappa shape index (κ2) is 11.2. The Kier molecular flexibility index (Phi) is 8.11. The summed E-state index contributed by atoms with van der Waals surface area (Å²) >= 11 is 0. The molecule has 0 aliphatic carbocycles. The van der Waals surface area contributed by atoms with Gasteiger partial charge in [-0.1, -0.05) is 0 Å². The van der Waals surface area contributed by atoms with Crippen molar-refractivity contribution in [3.63, 3.8) is 0 Å². The zero-order valence-corrected chi connectivity index (χ0v) is 17.6. The number of aliphatic imine (C=N–C) groups is 1. The van der Waals surface area contributed by atoms with Gasteiger partial charge in [0.15, 0.2) is 17.6 Å². The molecule has 7 nitrogen and oxygen atoms in total. The van der Waals surface area contributed by atoms with Crippen molar-refractivity contribution in [3.8, 4) is 11.5 Å². The molecule has 0 saturated carbocycles. The molecular weight excluding hydrogens is 385 g/mol. The molecule has 1 saturated heterocycles. The maximum Gasteiger partial charge on any atom is 0.191 e. The van der Waals surface area contributed by atoms with E-state index in [-0.39, 0.29) is 11.9 Å². The number of nitrogens with one attached hydrogen (secondary N) is 2. The third-order valence-corrected chi connectivity index (χ3v) is 4.81. The van der Waals surface area contributed by atoms with E-state index in [4.69, 9.17) is 9.47 Å². The molecule has 0 radical (unpaired) electrons. The van der Waals surface area contributed by atoms with Crippen LogP contribution >= 0.6 is 0 Å². The zero-order valence-electron chi connectivity index (χ0n) is 17.6. The van der Waals surface area contributed by atoms with E-state index in [2.05, 4.69) is 20.6 Å². The Labute approximate surface area is 177 Å². The molecule has 0 amide bonds. The van der Waals surface area contributed by atoms with Crippen molar-refractivity contribution in [2.75, 3.05) is 44.8 Å². The van der Waals surface area contributed by atoms with Gasteiger partial charge in [0.1, 0.15) is 11.5 Å². The highest BCUT2D eigenvalue weighted by molar-refractivity contribution is 5.80. The van der Waals surface area contributed by atoms with E-state index in [1.54, 1.807) is 19.4 Å². The van der Waals surface area contributed by atoms with Gasteiger partial charge in [0.05, 0.1) is 13.7 Å². The number of hydrogen-bond donors (Lipinski definition) is 2. The summed E-state index contributed by atoms with van der Waals surface area (Å²) in [6, 6.07) is 10.8. The standard InChI is InChI=1S/C22H30FN5O2/c1-3-24-22(26-13-5-15-30-19-9-7-18(29-2)8-10-19)27-17-11-14-28(16-17)21-20(23)6-4-12-25-21/h4,6-10,12,17H,3,5,11,13-16H2,1-2H3,(H2,24,26,27). The summed E-state index contributed by atoms with van der Waals surface area (Å²) in [7, 11) is 1.64. The minimum Gasteiger partial charge on any atom is -0.497 e. The first-order valence-electron chi connectivity index (χ1n) is 10.4. The lowest BCUT2D eigenvalue weighted by Gasteiger charge is -2.20. The van der Waals surface area contributed by atoms with Crippen LogP contribution in [0.1, 0.15) is 19.8 Å². The van der Waals surface area contributed by atoms with Gasteiger partial charge in [-0.05, 0) is 49.7 Å². The van der Waals surface area contributed by atoms with Gasteiger partial charge < -0.3 is 25.0 Å². The Morgan fingerprint density at radius 2 is 2.07 bits per heavy atom. The van der Waals surface area contributed by atoms with Gasteiger partial charge in [0, 0.05) is 44.8 Å². The average Bonchev–Trinajstić information content (AvgIpc) is 3.22. The van der Waals surface area contributed by atoms with Crippen molar-refractivity contribution in [1.82, 2.24) is 15.6 Å². The predicted octanol–water partition coefficient (Wildman–Crippen LogP) is 2.83. The van der Waals surface area contributed by atoms with E-state index < -0.39 is 0 Å². The van der Waals surface area contributed by atoms with Crippen LogP contribution in [0.25, 0.3) is 0 Å². The first-order chi connectivity index (χ1) is 14.7. The average molecular weight is 416 g/mol. The number of halogens is 1. The van der Waals surface area contributed by atoms with Gasteiger partial charge in [-0.25, -0.2) is 9.37 Å². The predicted molar refractivity (Wildman–Crippen MR) is 117 cm³/mol. The number of pyridine rings is 1. The topological polar surface area (TPSA) is 71.0 Å². The highest BCUT2D eigenvalue weighted by Crippen LogP contribution is 2.20. The molecule has 1 fully saturated rings. The van der Waals surface area contributed by atoms with Crippen LogP contribution in [0.3, 0.4) is 0 Å². The van der Waals surface area contributed by atoms with Gasteiger partial charge in [-0.15, -0.1) is 0 Å². The van der Waals surface area contributed by atoms with Crippen LogP contribution in [-0.4, -0.2) is 56.9 Å². The lowest BCUT2D eigenvalue weighted by molar-refractivity contribution is 0.312. The quantitative estimate of drug-likeness (QED) is 0.373. The monoisotopic (exact) mass is 415 g/mol. The summed E-state index contributed by atoms with van der Waals surface area (Å²) in [6.07, 6.45) is 3.33. The molecule has 30 heavy (non-hydrogen) atoms. The van der Waals surface area contributed by atoms with Crippen molar-refractivity contribution < 1.29 is 13.9 Å². The summed E-state index contributed by atoms with van der Waals surface area (Å²) in [5, 5.41) is 6.72. The molecule has 2 heterocycles. The molecule has 2 aromatic rings. The van der Waals surface area contributed by atoms with Crippen molar-refractivity contribution >= 4 is 11.8 Å². The van der Waals surface area contributed by atoms with Crippen LogP contribution in [0.15, 0.2) is 47.6 Å². The molecule has 1 atom stereocenters. The van der Waals surface area contributed by atoms with Gasteiger partial charge in [-0.3, -0.25) is 4.99 Å². The molecule has 162 valence electrons.